The maximum Gasteiger partial charge on any atom is 0.340 e. The molecule has 0 amide bonds. The van der Waals surface area contributed by atoms with E-state index in [9.17, 15) is 9.18 Å². The van der Waals surface area contributed by atoms with Crippen molar-refractivity contribution in [3.05, 3.63) is 101 Å². The second kappa shape index (κ2) is 15.0. The predicted molar refractivity (Wildman–Crippen MR) is 187 cm³/mol. The lowest BCUT2D eigenvalue weighted by molar-refractivity contribution is -0.171. The number of nitrogens with zero attached hydrogens (tertiary/aromatic N) is 1. The maximum absolute atomic E-state index is 13.8. The summed E-state index contributed by atoms with van der Waals surface area (Å²) in [4.78, 5) is 18.9. The molecule has 1 aliphatic rings. The van der Waals surface area contributed by atoms with E-state index in [1.807, 2.05) is 71.9 Å². The van der Waals surface area contributed by atoms with Gasteiger partial charge in [0, 0.05) is 28.6 Å². The number of hydrogen-bond acceptors (Lipinski definition) is 6. The maximum atomic E-state index is 13.8. The van der Waals surface area contributed by atoms with Crippen molar-refractivity contribution < 1.29 is 28.1 Å². The van der Waals surface area contributed by atoms with Crippen molar-refractivity contribution in [1.82, 2.24) is 4.98 Å². The van der Waals surface area contributed by atoms with Gasteiger partial charge in [0.1, 0.15) is 17.3 Å². The molecule has 248 valence electrons. The van der Waals surface area contributed by atoms with Crippen LogP contribution < -0.4 is 9.47 Å². The molecule has 1 aromatic heterocycles. The zero-order valence-corrected chi connectivity index (χ0v) is 29.6. The molecule has 5 rings (SSSR count). The number of halogens is 2. The number of esters is 1. The van der Waals surface area contributed by atoms with Crippen molar-refractivity contribution in [2.45, 2.75) is 83.9 Å². The first-order valence-corrected chi connectivity index (χ1v) is 17.3. The monoisotopic (exact) mass is 703 g/mol. The van der Waals surface area contributed by atoms with E-state index >= 15 is 0 Å². The van der Waals surface area contributed by atoms with Crippen molar-refractivity contribution in [3.8, 4) is 33.8 Å². The molecular formula is C39H43BrFNO5. The number of carbonyl (C=O) groups excluding carboxylic acids is 1. The number of hydrogen-bond donors (Lipinski definition) is 0. The first kappa shape index (κ1) is 34.6. The lowest BCUT2D eigenvalue weighted by atomic mass is 9.85. The highest BCUT2D eigenvalue weighted by molar-refractivity contribution is 9.08. The summed E-state index contributed by atoms with van der Waals surface area (Å²) in [5.74, 6) is 0.903. The zero-order chi connectivity index (χ0) is 33.7. The summed E-state index contributed by atoms with van der Waals surface area (Å²) in [6, 6.07) is 20.6. The van der Waals surface area contributed by atoms with E-state index in [-0.39, 0.29) is 11.9 Å². The molecule has 0 radical (unpaired) electrons. The Labute approximate surface area is 285 Å². The summed E-state index contributed by atoms with van der Waals surface area (Å²) in [5, 5.41) is 0.502. The minimum absolute atomic E-state index is 0.252. The third-order valence-electron chi connectivity index (χ3n) is 7.84. The SMILES string of the molecule is Cc1nc(CBr)c(-c2ccc(OCCc3ccc(F)cc3)cc2)c(-c2ccc3c(c2)CCCO3)c1C(OC(C)(C)C)C(=O)OC(C)C. The summed E-state index contributed by atoms with van der Waals surface area (Å²) < 4.78 is 37.6. The number of pyridine rings is 1. The molecule has 0 saturated carbocycles. The predicted octanol–water partition coefficient (Wildman–Crippen LogP) is 9.51. The Kier molecular flexibility index (Phi) is 11.0. The first-order valence-electron chi connectivity index (χ1n) is 16.1. The Morgan fingerprint density at radius 3 is 2.36 bits per heavy atom. The van der Waals surface area contributed by atoms with Crippen LogP contribution in [0.1, 0.15) is 75.2 Å². The van der Waals surface area contributed by atoms with Crippen molar-refractivity contribution in [2.75, 3.05) is 13.2 Å². The van der Waals surface area contributed by atoms with Crippen LogP contribution in [0.2, 0.25) is 0 Å². The van der Waals surface area contributed by atoms with Gasteiger partial charge in [-0.25, -0.2) is 9.18 Å². The topological polar surface area (TPSA) is 66.9 Å². The van der Waals surface area contributed by atoms with Gasteiger partial charge in [-0.05, 0) is 119 Å². The summed E-state index contributed by atoms with van der Waals surface area (Å²) >= 11 is 3.70. The van der Waals surface area contributed by atoms with Crippen LogP contribution in [0.5, 0.6) is 11.5 Å². The van der Waals surface area contributed by atoms with Gasteiger partial charge in [-0.2, -0.15) is 0 Å². The number of aryl methyl sites for hydroxylation is 2. The summed E-state index contributed by atoms with van der Waals surface area (Å²) in [6.07, 6.45) is 1.18. The molecule has 0 N–H and O–H groups in total. The third kappa shape index (κ3) is 8.59. The zero-order valence-electron chi connectivity index (χ0n) is 28.0. The molecule has 1 atom stereocenters. The lowest BCUT2D eigenvalue weighted by Crippen LogP contribution is -2.31. The van der Waals surface area contributed by atoms with E-state index in [1.54, 1.807) is 12.1 Å². The van der Waals surface area contributed by atoms with Gasteiger partial charge in [-0.1, -0.05) is 46.3 Å². The van der Waals surface area contributed by atoms with Crippen LogP contribution in [-0.4, -0.2) is 35.9 Å². The largest absolute Gasteiger partial charge is 0.493 e. The van der Waals surface area contributed by atoms with Crippen LogP contribution in [0.4, 0.5) is 4.39 Å². The molecular weight excluding hydrogens is 661 g/mol. The fourth-order valence-electron chi connectivity index (χ4n) is 5.85. The smallest absolute Gasteiger partial charge is 0.340 e. The first-order chi connectivity index (χ1) is 22.4. The highest BCUT2D eigenvalue weighted by atomic mass is 79.9. The number of rotatable bonds is 11. The molecule has 0 bridgehead atoms. The van der Waals surface area contributed by atoms with Gasteiger partial charge in [-0.15, -0.1) is 0 Å². The van der Waals surface area contributed by atoms with E-state index in [4.69, 9.17) is 23.9 Å². The minimum Gasteiger partial charge on any atom is -0.493 e. The Morgan fingerprint density at radius 2 is 1.70 bits per heavy atom. The van der Waals surface area contributed by atoms with Gasteiger partial charge in [0.25, 0.3) is 0 Å². The number of alkyl halides is 1. The summed E-state index contributed by atoms with van der Waals surface area (Å²) in [5.41, 5.74) is 7.36. The van der Waals surface area contributed by atoms with Crippen LogP contribution in [0.15, 0.2) is 66.7 Å². The van der Waals surface area contributed by atoms with Crippen molar-refractivity contribution in [3.63, 3.8) is 0 Å². The molecule has 8 heteroatoms. The quantitative estimate of drug-likeness (QED) is 0.115. The fraction of sp³-hybridized carbons (Fsp3) is 0.385. The van der Waals surface area contributed by atoms with Gasteiger partial charge >= 0.3 is 5.97 Å². The van der Waals surface area contributed by atoms with Crippen molar-refractivity contribution in [1.29, 1.82) is 0 Å². The molecule has 4 aromatic rings. The highest BCUT2D eigenvalue weighted by Gasteiger charge is 2.35. The minimum atomic E-state index is -1.01. The van der Waals surface area contributed by atoms with E-state index in [1.165, 1.54) is 12.1 Å². The van der Waals surface area contributed by atoms with Crippen LogP contribution in [-0.2, 0) is 32.4 Å². The molecule has 1 unspecified atom stereocenters. The average Bonchev–Trinajstić information content (AvgIpc) is 3.03. The lowest BCUT2D eigenvalue weighted by Gasteiger charge is -2.31. The van der Waals surface area contributed by atoms with Crippen LogP contribution in [0.3, 0.4) is 0 Å². The van der Waals surface area contributed by atoms with Gasteiger partial charge in [0.15, 0.2) is 6.10 Å². The average molecular weight is 705 g/mol. The second-order valence-corrected chi connectivity index (χ2v) is 13.6. The van der Waals surface area contributed by atoms with E-state index in [2.05, 4.69) is 28.1 Å². The molecule has 2 heterocycles. The van der Waals surface area contributed by atoms with Gasteiger partial charge < -0.3 is 18.9 Å². The molecule has 6 nitrogen and oxygen atoms in total. The van der Waals surface area contributed by atoms with Crippen molar-refractivity contribution in [2.24, 2.45) is 0 Å². The molecule has 0 aliphatic carbocycles. The molecule has 1 aliphatic heterocycles. The van der Waals surface area contributed by atoms with Crippen LogP contribution in [0, 0.1) is 12.7 Å². The van der Waals surface area contributed by atoms with Crippen LogP contribution >= 0.6 is 15.9 Å². The molecule has 0 fully saturated rings. The Bertz CT molecular complexity index is 1700. The number of aromatic nitrogens is 1. The van der Waals surface area contributed by atoms with E-state index in [0.717, 1.165) is 63.4 Å². The molecule has 3 aromatic carbocycles. The standard InChI is InChI=1S/C39H43BrFNO5/c1-24(2)46-38(43)37(47-39(4,5)6)34-25(3)42-32(23-40)35(36(34)29-13-18-33-28(22-29)8-7-20-45-33)27-11-16-31(17-12-27)44-21-19-26-9-14-30(41)15-10-26/h9-18,22,24,37H,7-8,19-21,23H2,1-6H3. The normalized spacial score (nSPS) is 13.6. The number of benzene rings is 3. The van der Waals surface area contributed by atoms with Gasteiger partial charge in [-0.3, -0.25) is 4.98 Å². The number of carbonyl (C=O) groups is 1. The highest BCUT2D eigenvalue weighted by Crippen LogP contribution is 2.45. The summed E-state index contributed by atoms with van der Waals surface area (Å²) in [6.45, 7) is 12.6. The second-order valence-electron chi connectivity index (χ2n) is 13.1. The van der Waals surface area contributed by atoms with E-state index < -0.39 is 17.7 Å². The Morgan fingerprint density at radius 1 is 1.00 bits per heavy atom. The fourth-order valence-corrected chi connectivity index (χ4v) is 6.26. The van der Waals surface area contributed by atoms with E-state index in [0.29, 0.717) is 36.2 Å². The van der Waals surface area contributed by atoms with Gasteiger partial charge in [0.2, 0.25) is 0 Å². The number of ether oxygens (including phenoxy) is 4. The van der Waals surface area contributed by atoms with Crippen molar-refractivity contribution >= 4 is 21.9 Å². The van der Waals surface area contributed by atoms with Crippen LogP contribution in [0.25, 0.3) is 22.3 Å². The molecule has 0 saturated heterocycles. The molecule has 47 heavy (non-hydrogen) atoms. The number of fused-ring (bicyclic) bond motifs is 1. The Hall–Kier alpha value is -3.75. The Balaban J connectivity index is 1.63. The summed E-state index contributed by atoms with van der Waals surface area (Å²) in [7, 11) is 0. The van der Waals surface area contributed by atoms with Gasteiger partial charge in [0.05, 0.1) is 30.6 Å². The third-order valence-corrected chi connectivity index (χ3v) is 8.37. The molecule has 0 spiro atoms.